The van der Waals surface area contributed by atoms with E-state index < -0.39 is 0 Å². The van der Waals surface area contributed by atoms with Crippen LogP contribution in [-0.2, 0) is 6.54 Å². The molecule has 0 aliphatic heterocycles. The summed E-state index contributed by atoms with van der Waals surface area (Å²) in [5.74, 6) is 0.863. The van der Waals surface area contributed by atoms with Gasteiger partial charge in [-0.1, -0.05) is 23.7 Å². The van der Waals surface area contributed by atoms with E-state index in [9.17, 15) is 0 Å². The third kappa shape index (κ3) is 4.40. The molecular weight excluding hydrogens is 284 g/mol. The molecule has 0 saturated heterocycles. The summed E-state index contributed by atoms with van der Waals surface area (Å²) < 4.78 is 5.67. The molecule has 2 aromatic rings. The highest BCUT2D eigenvalue weighted by molar-refractivity contribution is 6.32. The predicted octanol–water partition coefficient (Wildman–Crippen LogP) is 4.61. The lowest BCUT2D eigenvalue weighted by Crippen LogP contribution is -2.06. The van der Waals surface area contributed by atoms with Gasteiger partial charge in [-0.05, 0) is 49.7 Å². The summed E-state index contributed by atoms with van der Waals surface area (Å²) in [6.07, 6.45) is 0.158. The number of rotatable bonds is 5. The van der Waals surface area contributed by atoms with Crippen LogP contribution in [-0.4, -0.2) is 6.10 Å². The van der Waals surface area contributed by atoms with Gasteiger partial charge in [-0.3, -0.25) is 0 Å². The molecule has 0 aliphatic rings. The minimum atomic E-state index is 0.158. The van der Waals surface area contributed by atoms with Gasteiger partial charge in [0.2, 0.25) is 0 Å². The van der Waals surface area contributed by atoms with Crippen molar-refractivity contribution in [3.63, 3.8) is 0 Å². The van der Waals surface area contributed by atoms with Crippen LogP contribution < -0.4 is 10.1 Å². The van der Waals surface area contributed by atoms with Gasteiger partial charge in [0.15, 0.2) is 0 Å². The van der Waals surface area contributed by atoms with E-state index >= 15 is 0 Å². The van der Waals surface area contributed by atoms with Gasteiger partial charge < -0.3 is 10.1 Å². The highest BCUT2D eigenvalue weighted by atomic mass is 35.5. The second kappa shape index (κ2) is 7.01. The molecule has 0 spiro atoms. The lowest BCUT2D eigenvalue weighted by molar-refractivity contribution is 0.242. The van der Waals surface area contributed by atoms with Crippen LogP contribution in [0.25, 0.3) is 0 Å². The van der Waals surface area contributed by atoms with Crippen molar-refractivity contribution >= 4 is 17.3 Å². The predicted molar refractivity (Wildman–Crippen MR) is 85.7 cm³/mol. The fourth-order valence-electron chi connectivity index (χ4n) is 1.92. The number of benzene rings is 2. The fourth-order valence-corrected chi connectivity index (χ4v) is 2.14. The molecule has 2 rings (SSSR count). The summed E-state index contributed by atoms with van der Waals surface area (Å²) >= 11 is 6.01. The van der Waals surface area contributed by atoms with E-state index in [1.165, 1.54) is 0 Å². The summed E-state index contributed by atoms with van der Waals surface area (Å²) in [4.78, 5) is 0. The molecule has 0 saturated carbocycles. The number of nitriles is 1. The Morgan fingerprint density at radius 2 is 2.05 bits per heavy atom. The van der Waals surface area contributed by atoms with Crippen molar-refractivity contribution in [2.24, 2.45) is 0 Å². The van der Waals surface area contributed by atoms with E-state index in [1.807, 2.05) is 50.2 Å². The second-order valence-electron chi connectivity index (χ2n) is 4.97. The summed E-state index contributed by atoms with van der Waals surface area (Å²) in [6.45, 7) is 4.67. The largest absolute Gasteiger partial charge is 0.491 e. The second-order valence-corrected chi connectivity index (χ2v) is 5.38. The number of ether oxygens (including phenoxy) is 1. The van der Waals surface area contributed by atoms with E-state index in [0.29, 0.717) is 17.1 Å². The summed E-state index contributed by atoms with van der Waals surface area (Å²) in [6, 6.07) is 15.3. The molecule has 1 N–H and O–H groups in total. The lowest BCUT2D eigenvalue weighted by Gasteiger charge is -2.12. The van der Waals surface area contributed by atoms with Gasteiger partial charge in [0.1, 0.15) is 11.8 Å². The van der Waals surface area contributed by atoms with Crippen LogP contribution in [0.15, 0.2) is 42.5 Å². The van der Waals surface area contributed by atoms with Gasteiger partial charge in [0, 0.05) is 12.2 Å². The number of halogens is 1. The molecule has 108 valence electrons. The van der Waals surface area contributed by atoms with Crippen LogP contribution >= 0.6 is 11.6 Å². The summed E-state index contributed by atoms with van der Waals surface area (Å²) in [7, 11) is 0. The van der Waals surface area contributed by atoms with Gasteiger partial charge in [0.05, 0.1) is 16.7 Å². The van der Waals surface area contributed by atoms with Gasteiger partial charge in [-0.2, -0.15) is 5.26 Å². The maximum Gasteiger partial charge on any atom is 0.120 e. The lowest BCUT2D eigenvalue weighted by atomic mass is 10.2. The maximum atomic E-state index is 8.85. The summed E-state index contributed by atoms with van der Waals surface area (Å²) in [5, 5.41) is 12.6. The molecule has 0 radical (unpaired) electrons. The molecule has 3 nitrogen and oxygen atoms in total. The molecule has 0 heterocycles. The molecular formula is C17H17ClN2O. The van der Waals surface area contributed by atoms with Crippen molar-refractivity contribution in [1.29, 1.82) is 5.26 Å². The molecule has 0 unspecified atom stereocenters. The zero-order valence-corrected chi connectivity index (χ0v) is 12.8. The van der Waals surface area contributed by atoms with Gasteiger partial charge >= 0.3 is 0 Å². The Bertz CT molecular complexity index is 662. The average Bonchev–Trinajstić information content (AvgIpc) is 2.45. The molecule has 4 heteroatoms. The minimum Gasteiger partial charge on any atom is -0.491 e. The fraction of sp³-hybridized carbons (Fsp3) is 0.235. The SMILES string of the molecule is CC(C)Oc1cccc(CNc2ccc(C#N)c(Cl)c2)c1. The van der Waals surface area contributed by atoms with Gasteiger partial charge in [-0.15, -0.1) is 0 Å². The number of anilines is 1. The van der Waals surface area contributed by atoms with Gasteiger partial charge in [0.25, 0.3) is 0 Å². The highest BCUT2D eigenvalue weighted by Crippen LogP contribution is 2.21. The number of nitrogens with zero attached hydrogens (tertiary/aromatic N) is 1. The van der Waals surface area contributed by atoms with Crippen molar-refractivity contribution in [3.05, 3.63) is 58.6 Å². The molecule has 21 heavy (non-hydrogen) atoms. The molecule has 0 amide bonds. The number of hydrogen-bond acceptors (Lipinski definition) is 3. The van der Waals surface area contributed by atoms with Crippen LogP contribution in [0, 0.1) is 11.3 Å². The summed E-state index contributed by atoms with van der Waals surface area (Å²) in [5.41, 5.74) is 2.48. The monoisotopic (exact) mass is 300 g/mol. The Morgan fingerprint density at radius 1 is 1.24 bits per heavy atom. The van der Waals surface area contributed by atoms with E-state index in [1.54, 1.807) is 12.1 Å². The first-order valence-electron chi connectivity index (χ1n) is 6.77. The first kappa shape index (κ1) is 15.2. The van der Waals surface area contributed by atoms with Crippen molar-refractivity contribution in [2.75, 3.05) is 5.32 Å². The molecule has 0 aromatic heterocycles. The van der Waals surface area contributed by atoms with Crippen LogP contribution in [0.3, 0.4) is 0 Å². The van der Waals surface area contributed by atoms with E-state index in [0.717, 1.165) is 17.0 Å². The first-order valence-corrected chi connectivity index (χ1v) is 7.15. The standard InChI is InChI=1S/C17H17ClN2O/c1-12(2)21-16-5-3-4-13(8-16)11-20-15-7-6-14(10-19)17(18)9-15/h3-9,12,20H,11H2,1-2H3. The number of hydrogen-bond donors (Lipinski definition) is 1. The van der Waals surface area contributed by atoms with E-state index in [2.05, 4.69) is 5.32 Å². The van der Waals surface area contributed by atoms with Crippen molar-refractivity contribution in [3.8, 4) is 11.8 Å². The number of nitrogens with one attached hydrogen (secondary N) is 1. The smallest absolute Gasteiger partial charge is 0.120 e. The normalized spacial score (nSPS) is 10.2. The van der Waals surface area contributed by atoms with Crippen molar-refractivity contribution in [2.45, 2.75) is 26.5 Å². The van der Waals surface area contributed by atoms with Crippen molar-refractivity contribution < 1.29 is 4.74 Å². The quantitative estimate of drug-likeness (QED) is 0.877. The Kier molecular flexibility index (Phi) is 5.08. The maximum absolute atomic E-state index is 8.85. The third-order valence-corrected chi connectivity index (χ3v) is 3.17. The molecule has 0 fully saturated rings. The Morgan fingerprint density at radius 3 is 2.71 bits per heavy atom. The molecule has 0 aliphatic carbocycles. The average molecular weight is 301 g/mol. The van der Waals surface area contributed by atoms with Gasteiger partial charge in [-0.25, -0.2) is 0 Å². The van der Waals surface area contributed by atoms with Crippen LogP contribution in [0.4, 0.5) is 5.69 Å². The Balaban J connectivity index is 2.03. The van der Waals surface area contributed by atoms with Crippen molar-refractivity contribution in [1.82, 2.24) is 0 Å². The van der Waals surface area contributed by atoms with E-state index in [-0.39, 0.29) is 6.10 Å². The molecule has 0 atom stereocenters. The van der Waals surface area contributed by atoms with Crippen LogP contribution in [0.1, 0.15) is 25.0 Å². The highest BCUT2D eigenvalue weighted by Gasteiger charge is 2.02. The third-order valence-electron chi connectivity index (χ3n) is 2.86. The molecule has 0 bridgehead atoms. The Labute approximate surface area is 130 Å². The molecule has 2 aromatic carbocycles. The Hall–Kier alpha value is -2.18. The van der Waals surface area contributed by atoms with Crippen LogP contribution in [0.2, 0.25) is 5.02 Å². The first-order chi connectivity index (χ1) is 10.1. The zero-order valence-electron chi connectivity index (χ0n) is 12.1. The van der Waals surface area contributed by atoms with E-state index in [4.69, 9.17) is 21.6 Å². The minimum absolute atomic E-state index is 0.158. The topological polar surface area (TPSA) is 45.0 Å². The van der Waals surface area contributed by atoms with Crippen LogP contribution in [0.5, 0.6) is 5.75 Å². The zero-order chi connectivity index (χ0) is 15.2.